The average Bonchev–Trinajstić information content (AvgIpc) is 3.00. The van der Waals surface area contributed by atoms with Crippen molar-refractivity contribution in [2.75, 3.05) is 26.7 Å². The van der Waals surface area contributed by atoms with Gasteiger partial charge in [-0.05, 0) is 50.1 Å². The molecule has 2 aliphatic heterocycles. The molecule has 1 amide bonds. The van der Waals surface area contributed by atoms with Crippen LogP contribution in [0.3, 0.4) is 0 Å². The highest BCUT2D eigenvalue weighted by molar-refractivity contribution is 8.04. The molecule has 1 fully saturated rings. The Morgan fingerprint density at radius 2 is 2.22 bits per heavy atom. The van der Waals surface area contributed by atoms with Gasteiger partial charge in [0.1, 0.15) is 0 Å². The van der Waals surface area contributed by atoms with E-state index >= 15 is 0 Å². The van der Waals surface area contributed by atoms with Crippen LogP contribution in [-0.2, 0) is 4.79 Å². The second-order valence-electron chi connectivity index (χ2n) is 6.28. The molecule has 0 radical (unpaired) electrons. The summed E-state index contributed by atoms with van der Waals surface area (Å²) in [5.74, 6) is 0.705. The van der Waals surface area contributed by atoms with E-state index in [1.807, 2.05) is 30.2 Å². The third kappa shape index (κ3) is 2.77. The molecule has 1 saturated heterocycles. The van der Waals surface area contributed by atoms with Crippen molar-refractivity contribution < 1.29 is 4.79 Å². The van der Waals surface area contributed by atoms with Gasteiger partial charge in [0.25, 0.3) is 5.91 Å². The minimum absolute atomic E-state index is 0.103. The Kier molecular flexibility index (Phi) is 3.87. The molecule has 2 aliphatic rings. The highest BCUT2D eigenvalue weighted by Crippen LogP contribution is 2.40. The monoisotopic (exact) mass is 328 g/mol. The number of hydrogen-bond acceptors (Lipinski definition) is 4. The van der Waals surface area contributed by atoms with Crippen molar-refractivity contribution in [3.63, 3.8) is 0 Å². The number of hydrogen-bond donors (Lipinski definition) is 2. The SMILES string of the molecule is CN(CC1CCNCC1)C(=O)C1=Cc2[nH]nc3cccc(c23)S1. The fourth-order valence-corrected chi connectivity index (χ4v) is 4.48. The van der Waals surface area contributed by atoms with Crippen LogP contribution in [0.15, 0.2) is 28.0 Å². The third-order valence-electron chi connectivity index (χ3n) is 4.61. The van der Waals surface area contributed by atoms with E-state index in [2.05, 4.69) is 21.6 Å². The molecule has 23 heavy (non-hydrogen) atoms. The molecule has 5 nitrogen and oxygen atoms in total. The smallest absolute Gasteiger partial charge is 0.260 e. The zero-order valence-electron chi connectivity index (χ0n) is 13.1. The number of carbonyl (C=O) groups excluding carboxylic acids is 1. The summed E-state index contributed by atoms with van der Waals surface area (Å²) in [4.78, 5) is 16.6. The first-order valence-electron chi connectivity index (χ1n) is 8.05. The second kappa shape index (κ2) is 6.02. The van der Waals surface area contributed by atoms with E-state index in [0.717, 1.165) is 58.9 Å². The number of aromatic amines is 1. The van der Waals surface area contributed by atoms with Gasteiger partial charge >= 0.3 is 0 Å². The van der Waals surface area contributed by atoms with Gasteiger partial charge in [0, 0.05) is 23.9 Å². The van der Waals surface area contributed by atoms with Crippen LogP contribution in [0.5, 0.6) is 0 Å². The summed E-state index contributed by atoms with van der Waals surface area (Å²) < 4.78 is 0. The van der Waals surface area contributed by atoms with Crippen molar-refractivity contribution in [3.05, 3.63) is 28.8 Å². The number of nitrogens with zero attached hydrogens (tertiary/aromatic N) is 2. The van der Waals surface area contributed by atoms with Gasteiger partial charge in [-0.3, -0.25) is 9.89 Å². The molecule has 0 bridgehead atoms. The van der Waals surface area contributed by atoms with Gasteiger partial charge in [0.05, 0.1) is 16.1 Å². The Morgan fingerprint density at radius 3 is 3.04 bits per heavy atom. The molecule has 1 aromatic carbocycles. The molecular formula is C17H20N4OS. The van der Waals surface area contributed by atoms with Gasteiger partial charge < -0.3 is 10.2 Å². The number of piperidine rings is 1. The first kappa shape index (κ1) is 14.8. The highest BCUT2D eigenvalue weighted by Gasteiger charge is 2.25. The maximum Gasteiger partial charge on any atom is 0.260 e. The Morgan fingerprint density at radius 1 is 1.39 bits per heavy atom. The maximum atomic E-state index is 12.8. The van der Waals surface area contributed by atoms with Crippen LogP contribution in [0.2, 0.25) is 0 Å². The first-order valence-corrected chi connectivity index (χ1v) is 8.87. The van der Waals surface area contributed by atoms with E-state index in [1.165, 1.54) is 0 Å². The number of amides is 1. The molecule has 0 spiro atoms. The van der Waals surface area contributed by atoms with Gasteiger partial charge in [0.15, 0.2) is 0 Å². The molecule has 4 rings (SSSR count). The van der Waals surface area contributed by atoms with E-state index in [1.54, 1.807) is 11.8 Å². The van der Waals surface area contributed by atoms with Gasteiger partial charge in [-0.25, -0.2) is 0 Å². The number of likely N-dealkylation sites (N-methyl/N-ethyl adjacent to an activating group) is 1. The van der Waals surface area contributed by atoms with Crippen LogP contribution >= 0.6 is 11.8 Å². The molecule has 2 aromatic rings. The fourth-order valence-electron chi connectivity index (χ4n) is 3.36. The normalized spacial score (nSPS) is 18.0. The molecule has 0 saturated carbocycles. The number of benzene rings is 1. The van der Waals surface area contributed by atoms with Crippen molar-refractivity contribution >= 4 is 34.6 Å². The number of carbonyl (C=O) groups is 1. The van der Waals surface area contributed by atoms with Crippen molar-refractivity contribution in [1.82, 2.24) is 20.4 Å². The lowest BCUT2D eigenvalue weighted by Crippen LogP contribution is -2.37. The molecule has 6 heteroatoms. The zero-order valence-corrected chi connectivity index (χ0v) is 13.9. The van der Waals surface area contributed by atoms with E-state index in [0.29, 0.717) is 5.92 Å². The predicted octanol–water partition coefficient (Wildman–Crippen LogP) is 2.47. The van der Waals surface area contributed by atoms with E-state index in [9.17, 15) is 4.79 Å². The van der Waals surface area contributed by atoms with Gasteiger partial charge in [-0.15, -0.1) is 0 Å². The van der Waals surface area contributed by atoms with Crippen LogP contribution in [-0.4, -0.2) is 47.7 Å². The van der Waals surface area contributed by atoms with Crippen LogP contribution in [0, 0.1) is 5.92 Å². The molecule has 2 N–H and O–H groups in total. The zero-order chi connectivity index (χ0) is 15.8. The molecule has 0 aliphatic carbocycles. The quantitative estimate of drug-likeness (QED) is 0.909. The number of rotatable bonds is 3. The molecule has 1 aromatic heterocycles. The fraction of sp³-hybridized carbons (Fsp3) is 0.412. The van der Waals surface area contributed by atoms with Crippen LogP contribution in [0.4, 0.5) is 0 Å². The number of H-pyrrole nitrogens is 1. The third-order valence-corrected chi connectivity index (χ3v) is 5.69. The van der Waals surface area contributed by atoms with E-state index < -0.39 is 0 Å². The first-order chi connectivity index (χ1) is 11.2. The summed E-state index contributed by atoms with van der Waals surface area (Å²) in [6.45, 7) is 2.95. The molecule has 0 unspecified atom stereocenters. The number of aromatic nitrogens is 2. The van der Waals surface area contributed by atoms with Crippen LogP contribution < -0.4 is 5.32 Å². The molecule has 3 heterocycles. The lowest BCUT2D eigenvalue weighted by molar-refractivity contribution is -0.125. The Hall–Kier alpha value is -1.79. The number of nitrogens with one attached hydrogen (secondary N) is 2. The summed E-state index contributed by atoms with van der Waals surface area (Å²) in [5.41, 5.74) is 1.89. The Bertz CT molecular complexity index is 776. The minimum atomic E-state index is 0.103. The summed E-state index contributed by atoms with van der Waals surface area (Å²) in [7, 11) is 1.91. The van der Waals surface area contributed by atoms with Crippen molar-refractivity contribution in [1.29, 1.82) is 0 Å². The van der Waals surface area contributed by atoms with Crippen LogP contribution in [0.25, 0.3) is 17.0 Å². The lowest BCUT2D eigenvalue weighted by atomic mass is 9.98. The number of thioether (sulfide) groups is 1. The largest absolute Gasteiger partial charge is 0.341 e. The summed E-state index contributed by atoms with van der Waals surface area (Å²) in [5, 5.41) is 11.8. The average molecular weight is 328 g/mol. The summed E-state index contributed by atoms with van der Waals surface area (Å²) in [6, 6.07) is 6.03. The standard InChI is InChI=1S/C17H20N4OS/c1-21(10-11-5-7-18-8-6-11)17(22)15-9-13-16-12(19-20-13)3-2-4-14(16)23-15/h2-4,9,11,18H,5-8,10H2,1H3,(H,19,20). The molecular weight excluding hydrogens is 308 g/mol. The minimum Gasteiger partial charge on any atom is -0.341 e. The molecule has 120 valence electrons. The van der Waals surface area contributed by atoms with Crippen molar-refractivity contribution in [2.45, 2.75) is 17.7 Å². The second-order valence-corrected chi connectivity index (χ2v) is 7.36. The Labute approximate surface area is 139 Å². The highest BCUT2D eigenvalue weighted by atomic mass is 32.2. The van der Waals surface area contributed by atoms with Crippen LogP contribution in [0.1, 0.15) is 18.5 Å². The predicted molar refractivity (Wildman–Crippen MR) is 93.2 cm³/mol. The maximum absolute atomic E-state index is 12.8. The van der Waals surface area contributed by atoms with Gasteiger partial charge in [-0.2, -0.15) is 5.10 Å². The summed E-state index contributed by atoms with van der Waals surface area (Å²) in [6.07, 6.45) is 4.23. The Balaban J connectivity index is 1.53. The van der Waals surface area contributed by atoms with Gasteiger partial charge in [-0.1, -0.05) is 17.8 Å². The van der Waals surface area contributed by atoms with Crippen molar-refractivity contribution in [2.24, 2.45) is 5.92 Å². The van der Waals surface area contributed by atoms with E-state index in [4.69, 9.17) is 0 Å². The lowest BCUT2D eigenvalue weighted by Gasteiger charge is -2.28. The molecule has 0 atom stereocenters. The summed E-state index contributed by atoms with van der Waals surface area (Å²) >= 11 is 1.55. The van der Waals surface area contributed by atoms with E-state index in [-0.39, 0.29) is 5.91 Å². The van der Waals surface area contributed by atoms with Gasteiger partial charge in [0.2, 0.25) is 0 Å². The van der Waals surface area contributed by atoms with Crippen molar-refractivity contribution in [3.8, 4) is 0 Å². The topological polar surface area (TPSA) is 61.0 Å².